The molecule has 0 amide bonds. The first-order valence-corrected chi connectivity index (χ1v) is 9.43. The minimum atomic E-state index is -6.51. The summed E-state index contributed by atoms with van der Waals surface area (Å²) in [4.78, 5) is 10.6. The lowest BCUT2D eigenvalue weighted by molar-refractivity contribution is -0.402. The Morgan fingerprint density at radius 2 is 1.83 bits per heavy atom. The monoisotopic (exact) mass is 463 g/mol. The van der Waals surface area contributed by atoms with Crippen LogP contribution in [0.4, 0.5) is 30.7 Å². The molecule has 5 nitrogen and oxygen atoms in total. The number of hydrogen-bond acceptors (Lipinski definition) is 5. The van der Waals surface area contributed by atoms with Crippen molar-refractivity contribution in [3.8, 4) is 5.75 Å². The molecule has 1 N–H and O–H groups in total. The second-order valence-electron chi connectivity index (χ2n) is 5.38. The first kappa shape index (κ1) is 23.1. The molecule has 3 rings (SSSR count). The molecule has 0 saturated carbocycles. The highest BCUT2D eigenvalue weighted by molar-refractivity contribution is 7.84. The van der Waals surface area contributed by atoms with Crippen molar-refractivity contribution in [1.29, 1.82) is 0 Å². The van der Waals surface area contributed by atoms with Gasteiger partial charge in [0.25, 0.3) is 0 Å². The molecule has 0 aliphatic rings. The quantitative estimate of drug-likeness (QED) is 0.515. The van der Waals surface area contributed by atoms with Crippen molar-refractivity contribution in [3.05, 3.63) is 34.8 Å². The summed E-state index contributed by atoms with van der Waals surface area (Å²) in [6.45, 7) is 0. The fourth-order valence-electron chi connectivity index (χ4n) is 2.01. The van der Waals surface area contributed by atoms with Gasteiger partial charge in [-0.05, 0) is 6.07 Å². The number of hydrogen-bond donors (Lipinski definition) is 1. The van der Waals surface area contributed by atoms with Crippen LogP contribution in [0.1, 0.15) is 13.1 Å². The molecular formula is C15H12F7N3O2S2. The van der Waals surface area contributed by atoms with E-state index in [9.17, 15) is 34.9 Å². The summed E-state index contributed by atoms with van der Waals surface area (Å²) in [5.74, 6) is -7.76. The number of thiophene rings is 1. The lowest BCUT2D eigenvalue weighted by atomic mass is 10.3. The van der Waals surface area contributed by atoms with Gasteiger partial charge in [-0.3, -0.25) is 9.19 Å². The van der Waals surface area contributed by atoms with E-state index >= 15 is 0 Å². The normalized spacial score (nSPS) is 13.9. The second kappa shape index (κ2) is 7.89. The van der Waals surface area contributed by atoms with E-state index in [1.165, 1.54) is 11.3 Å². The predicted molar refractivity (Wildman–Crippen MR) is 91.6 cm³/mol. The molecule has 0 spiro atoms. The summed E-state index contributed by atoms with van der Waals surface area (Å²) in [6, 6.07) is 1.37. The van der Waals surface area contributed by atoms with Crippen molar-refractivity contribution < 1.29 is 39.7 Å². The average molecular weight is 463 g/mol. The van der Waals surface area contributed by atoms with Crippen molar-refractivity contribution in [2.24, 2.45) is 0 Å². The standard InChI is InChI=1S/C14H8F7N3O2S2.CH4/c15-12(16,13(17,18)19)14(20,21)26-8-1-2-22-7(3-8)6-28(25)11-23-9-4-27-5-10(9)24-11;/h1-5H,6H2,(H,23,24);1H4. The number of halogens is 7. The highest BCUT2D eigenvalue weighted by Gasteiger charge is 2.75. The Kier molecular flexibility index (Phi) is 6.28. The third kappa shape index (κ3) is 4.52. The van der Waals surface area contributed by atoms with E-state index in [2.05, 4.69) is 19.7 Å². The molecule has 0 bridgehead atoms. The van der Waals surface area contributed by atoms with Gasteiger partial charge in [0.15, 0.2) is 5.16 Å². The number of aromatic amines is 1. The van der Waals surface area contributed by atoms with E-state index in [0.717, 1.165) is 6.20 Å². The summed E-state index contributed by atoms with van der Waals surface area (Å²) in [6.07, 6.45) is -11.5. The van der Waals surface area contributed by atoms with Gasteiger partial charge in [-0.25, -0.2) is 4.98 Å². The van der Waals surface area contributed by atoms with Crippen LogP contribution in [0.2, 0.25) is 0 Å². The lowest BCUT2D eigenvalue weighted by Gasteiger charge is -2.27. The van der Waals surface area contributed by atoms with E-state index < -0.39 is 34.8 Å². The van der Waals surface area contributed by atoms with Crippen LogP contribution in [0.5, 0.6) is 5.75 Å². The van der Waals surface area contributed by atoms with Gasteiger partial charge in [0.1, 0.15) is 11.3 Å². The molecule has 3 heterocycles. The first-order valence-electron chi connectivity index (χ1n) is 7.17. The van der Waals surface area contributed by atoms with Crippen molar-refractivity contribution in [2.75, 3.05) is 0 Å². The van der Waals surface area contributed by atoms with Crippen molar-refractivity contribution in [2.45, 2.75) is 36.5 Å². The number of imidazole rings is 1. The molecule has 0 aromatic carbocycles. The molecule has 160 valence electrons. The number of pyridine rings is 1. The Balaban J connectivity index is 0.00000300. The fourth-order valence-corrected chi connectivity index (χ4v) is 3.69. The molecule has 0 fully saturated rings. The molecule has 29 heavy (non-hydrogen) atoms. The highest BCUT2D eigenvalue weighted by atomic mass is 32.2. The van der Waals surface area contributed by atoms with Crippen molar-refractivity contribution in [3.63, 3.8) is 0 Å². The van der Waals surface area contributed by atoms with Crippen LogP contribution in [-0.2, 0) is 16.6 Å². The molecule has 14 heteroatoms. The Bertz CT molecular complexity index is 988. The lowest BCUT2D eigenvalue weighted by Crippen LogP contribution is -2.55. The molecule has 1 unspecified atom stereocenters. The van der Waals surface area contributed by atoms with E-state index in [1.54, 1.807) is 10.8 Å². The third-order valence-corrected chi connectivity index (χ3v) is 5.27. The van der Waals surface area contributed by atoms with E-state index in [-0.39, 0.29) is 24.0 Å². The van der Waals surface area contributed by atoms with Gasteiger partial charge in [0.2, 0.25) is 0 Å². The molecule has 3 aromatic rings. The maximum atomic E-state index is 13.3. The van der Waals surface area contributed by atoms with Crippen LogP contribution >= 0.6 is 11.3 Å². The summed E-state index contributed by atoms with van der Waals surface area (Å²) >= 11 is 1.36. The number of fused-ring (bicyclic) bond motifs is 1. The molecule has 0 saturated heterocycles. The zero-order valence-corrected chi connectivity index (χ0v) is 14.9. The minimum absolute atomic E-state index is 0. The maximum absolute atomic E-state index is 13.3. The molecular weight excluding hydrogens is 451 g/mol. The van der Waals surface area contributed by atoms with E-state index in [4.69, 9.17) is 0 Å². The van der Waals surface area contributed by atoms with Gasteiger partial charge in [-0.15, -0.1) is 11.3 Å². The maximum Gasteiger partial charge on any atom is 0.474 e. The fraction of sp³-hybridized carbons (Fsp3) is 0.333. The third-order valence-electron chi connectivity index (χ3n) is 3.36. The number of H-pyrrole nitrogens is 1. The van der Waals surface area contributed by atoms with Gasteiger partial charge in [0, 0.05) is 23.0 Å². The van der Waals surface area contributed by atoms with Gasteiger partial charge < -0.3 is 9.72 Å². The van der Waals surface area contributed by atoms with Crippen molar-refractivity contribution in [1.82, 2.24) is 15.0 Å². The number of alkyl halides is 7. The Labute approximate surface area is 165 Å². The summed E-state index contributed by atoms with van der Waals surface area (Å²) in [5.41, 5.74) is 1.06. The highest BCUT2D eigenvalue weighted by Crippen LogP contribution is 2.47. The number of ether oxygens (including phenoxy) is 1. The van der Waals surface area contributed by atoms with Gasteiger partial charge in [-0.1, -0.05) is 7.43 Å². The zero-order chi connectivity index (χ0) is 20.7. The summed E-state index contributed by atoms with van der Waals surface area (Å²) in [7, 11) is -1.80. The van der Waals surface area contributed by atoms with Crippen LogP contribution in [0, 0.1) is 0 Å². The van der Waals surface area contributed by atoms with Crippen LogP contribution in [0.15, 0.2) is 34.2 Å². The Morgan fingerprint density at radius 1 is 1.14 bits per heavy atom. The van der Waals surface area contributed by atoms with Crippen LogP contribution in [0.3, 0.4) is 0 Å². The van der Waals surface area contributed by atoms with E-state index in [0.29, 0.717) is 23.2 Å². The largest absolute Gasteiger partial charge is 0.474 e. The second-order valence-corrected chi connectivity index (χ2v) is 7.49. The van der Waals surface area contributed by atoms with Gasteiger partial charge in [-0.2, -0.15) is 30.7 Å². The van der Waals surface area contributed by atoms with Crippen LogP contribution < -0.4 is 4.74 Å². The zero-order valence-electron chi connectivity index (χ0n) is 13.3. The molecule has 0 aliphatic heterocycles. The average Bonchev–Trinajstić information content (AvgIpc) is 3.15. The number of nitrogens with one attached hydrogen (secondary N) is 1. The minimum Gasteiger partial charge on any atom is -0.428 e. The van der Waals surface area contributed by atoms with E-state index in [1.807, 2.05) is 0 Å². The van der Waals surface area contributed by atoms with Gasteiger partial charge in [0.05, 0.1) is 27.8 Å². The Morgan fingerprint density at radius 3 is 2.45 bits per heavy atom. The SMILES string of the molecule is C.O=S(Cc1cc(OC(F)(F)C(F)(F)C(F)(F)F)ccn1)c1nc2cscc2[nH]1. The Hall–Kier alpha value is -2.22. The number of rotatable bonds is 6. The number of nitrogens with zero attached hydrogens (tertiary/aromatic N) is 2. The van der Waals surface area contributed by atoms with Crippen LogP contribution in [-0.4, -0.2) is 37.4 Å². The topological polar surface area (TPSA) is 67.9 Å². The molecule has 0 radical (unpaired) electrons. The summed E-state index contributed by atoms with van der Waals surface area (Å²) in [5, 5.41) is 3.49. The summed E-state index contributed by atoms with van der Waals surface area (Å²) < 4.78 is 105. The molecule has 1 atom stereocenters. The smallest absolute Gasteiger partial charge is 0.428 e. The van der Waals surface area contributed by atoms with Crippen molar-refractivity contribution >= 4 is 33.2 Å². The van der Waals surface area contributed by atoms with Crippen LogP contribution in [0.25, 0.3) is 11.0 Å². The number of aromatic nitrogens is 3. The molecule has 0 aliphatic carbocycles. The predicted octanol–water partition coefficient (Wildman–Crippen LogP) is 5.13. The van der Waals surface area contributed by atoms with Gasteiger partial charge >= 0.3 is 18.2 Å². The first-order chi connectivity index (χ1) is 12.9. The molecule has 3 aromatic heterocycles.